The summed E-state index contributed by atoms with van der Waals surface area (Å²) in [5.41, 5.74) is 0. The van der Waals surface area contributed by atoms with E-state index in [0.717, 1.165) is 12.8 Å². The van der Waals surface area contributed by atoms with Gasteiger partial charge in [-0.05, 0) is 25.0 Å². The highest BCUT2D eigenvalue weighted by molar-refractivity contribution is 5.77. The van der Waals surface area contributed by atoms with Gasteiger partial charge in [-0.15, -0.1) is 0 Å². The maximum Gasteiger partial charge on any atom is 0.258 e. The van der Waals surface area contributed by atoms with Gasteiger partial charge in [0.2, 0.25) is 0 Å². The predicted octanol–water partition coefficient (Wildman–Crippen LogP) is 0.895. The third-order valence-electron chi connectivity index (χ3n) is 2.67. The second kappa shape index (κ2) is 6.30. The van der Waals surface area contributed by atoms with Crippen LogP contribution in [0.1, 0.15) is 12.8 Å². The molecule has 0 saturated carbocycles. The summed E-state index contributed by atoms with van der Waals surface area (Å²) < 4.78 is 23.4. The fourth-order valence-electron chi connectivity index (χ4n) is 1.73. The lowest BCUT2D eigenvalue weighted by molar-refractivity contribution is -0.124. The Morgan fingerprint density at radius 3 is 3.06 bits per heavy atom. The Morgan fingerprint density at radius 2 is 2.33 bits per heavy atom. The molecular formula is C12H15FN2O3. The smallest absolute Gasteiger partial charge is 0.258 e. The van der Waals surface area contributed by atoms with Crippen molar-refractivity contribution in [2.45, 2.75) is 18.9 Å². The fraction of sp³-hybridized carbons (Fsp3) is 0.500. The monoisotopic (exact) mass is 254 g/mol. The molecule has 0 spiro atoms. The van der Waals surface area contributed by atoms with E-state index in [0.29, 0.717) is 13.2 Å². The van der Waals surface area contributed by atoms with Crippen LogP contribution in [0.2, 0.25) is 0 Å². The summed E-state index contributed by atoms with van der Waals surface area (Å²) in [4.78, 5) is 15.0. The fourth-order valence-corrected chi connectivity index (χ4v) is 1.73. The topological polar surface area (TPSA) is 60.5 Å². The third kappa shape index (κ3) is 3.66. The van der Waals surface area contributed by atoms with Crippen LogP contribution in [0.25, 0.3) is 0 Å². The van der Waals surface area contributed by atoms with E-state index in [2.05, 4.69) is 10.3 Å². The Hall–Kier alpha value is -1.69. The van der Waals surface area contributed by atoms with Gasteiger partial charge >= 0.3 is 0 Å². The van der Waals surface area contributed by atoms with E-state index in [1.807, 2.05) is 0 Å². The van der Waals surface area contributed by atoms with Crippen LogP contribution in [-0.4, -0.2) is 36.8 Å². The van der Waals surface area contributed by atoms with E-state index in [4.69, 9.17) is 9.47 Å². The second-order valence-corrected chi connectivity index (χ2v) is 4.04. The minimum absolute atomic E-state index is 0.0142. The van der Waals surface area contributed by atoms with Gasteiger partial charge in [0.1, 0.15) is 0 Å². The number of nitrogens with zero attached hydrogens (tertiary/aromatic N) is 1. The van der Waals surface area contributed by atoms with E-state index >= 15 is 0 Å². The molecule has 0 atom stereocenters. The highest BCUT2D eigenvalue weighted by Gasteiger charge is 2.16. The first-order valence-corrected chi connectivity index (χ1v) is 5.86. The SMILES string of the molecule is O=C(COc1cccnc1F)NC1CCOCC1. The standard InChI is InChI=1S/C12H15FN2O3/c13-12-10(2-1-5-14-12)18-8-11(16)15-9-3-6-17-7-4-9/h1-2,5,9H,3-4,6-8H2,(H,15,16). The van der Waals surface area contributed by atoms with Gasteiger partial charge < -0.3 is 14.8 Å². The van der Waals surface area contributed by atoms with E-state index in [-0.39, 0.29) is 24.3 Å². The Morgan fingerprint density at radius 1 is 1.56 bits per heavy atom. The number of hydrogen-bond donors (Lipinski definition) is 1. The van der Waals surface area contributed by atoms with Gasteiger partial charge in [-0.1, -0.05) is 0 Å². The summed E-state index contributed by atoms with van der Waals surface area (Å²) in [6, 6.07) is 3.10. The van der Waals surface area contributed by atoms with Crippen LogP contribution in [0.3, 0.4) is 0 Å². The Balaban J connectivity index is 1.76. The molecule has 0 bridgehead atoms. The normalized spacial score (nSPS) is 16.3. The Kier molecular flexibility index (Phi) is 4.46. The summed E-state index contributed by atoms with van der Waals surface area (Å²) >= 11 is 0. The molecule has 0 aromatic carbocycles. The molecule has 2 heterocycles. The van der Waals surface area contributed by atoms with E-state index in [1.54, 1.807) is 6.07 Å². The molecule has 1 aromatic rings. The first-order valence-electron chi connectivity index (χ1n) is 5.86. The van der Waals surface area contributed by atoms with Gasteiger partial charge in [0, 0.05) is 25.5 Å². The van der Waals surface area contributed by atoms with Crippen LogP contribution in [0, 0.1) is 5.95 Å². The molecular weight excluding hydrogens is 239 g/mol. The third-order valence-corrected chi connectivity index (χ3v) is 2.67. The molecule has 1 N–H and O–H groups in total. The quantitative estimate of drug-likeness (QED) is 0.811. The largest absolute Gasteiger partial charge is 0.479 e. The van der Waals surface area contributed by atoms with Crippen LogP contribution in [0.4, 0.5) is 4.39 Å². The lowest BCUT2D eigenvalue weighted by atomic mass is 10.1. The number of rotatable bonds is 4. The van der Waals surface area contributed by atoms with E-state index in [1.165, 1.54) is 12.3 Å². The zero-order valence-corrected chi connectivity index (χ0v) is 9.89. The van der Waals surface area contributed by atoms with Crippen molar-refractivity contribution in [3.63, 3.8) is 0 Å². The highest BCUT2D eigenvalue weighted by atomic mass is 19.1. The zero-order valence-electron chi connectivity index (χ0n) is 9.89. The molecule has 0 aliphatic carbocycles. The van der Waals surface area contributed by atoms with Crippen molar-refractivity contribution in [2.75, 3.05) is 19.8 Å². The number of carbonyl (C=O) groups is 1. The number of amides is 1. The van der Waals surface area contributed by atoms with Gasteiger partial charge in [-0.25, -0.2) is 4.98 Å². The molecule has 0 unspecified atom stereocenters. The average molecular weight is 254 g/mol. The number of hydrogen-bond acceptors (Lipinski definition) is 4. The van der Waals surface area contributed by atoms with Crippen molar-refractivity contribution >= 4 is 5.91 Å². The lowest BCUT2D eigenvalue weighted by Gasteiger charge is -2.23. The van der Waals surface area contributed by atoms with Crippen LogP contribution in [-0.2, 0) is 9.53 Å². The number of halogens is 1. The molecule has 18 heavy (non-hydrogen) atoms. The molecule has 98 valence electrons. The molecule has 5 nitrogen and oxygen atoms in total. The summed E-state index contributed by atoms with van der Waals surface area (Å²) in [7, 11) is 0. The average Bonchev–Trinajstić information content (AvgIpc) is 2.39. The second-order valence-electron chi connectivity index (χ2n) is 4.04. The van der Waals surface area contributed by atoms with Crippen molar-refractivity contribution in [1.29, 1.82) is 0 Å². The summed E-state index contributed by atoms with van der Waals surface area (Å²) in [5, 5.41) is 2.82. The number of nitrogens with one attached hydrogen (secondary N) is 1. The first-order chi connectivity index (χ1) is 8.75. The predicted molar refractivity (Wildman–Crippen MR) is 61.7 cm³/mol. The van der Waals surface area contributed by atoms with E-state index < -0.39 is 5.95 Å². The van der Waals surface area contributed by atoms with Gasteiger partial charge in [-0.2, -0.15) is 4.39 Å². The molecule has 1 saturated heterocycles. The zero-order chi connectivity index (χ0) is 12.8. The van der Waals surface area contributed by atoms with Crippen molar-refractivity contribution in [1.82, 2.24) is 10.3 Å². The lowest BCUT2D eigenvalue weighted by Crippen LogP contribution is -2.41. The Labute approximate surface area is 104 Å². The molecule has 2 rings (SSSR count). The van der Waals surface area contributed by atoms with Crippen LogP contribution < -0.4 is 10.1 Å². The molecule has 1 aliphatic heterocycles. The van der Waals surface area contributed by atoms with Crippen molar-refractivity contribution in [2.24, 2.45) is 0 Å². The highest BCUT2D eigenvalue weighted by Crippen LogP contribution is 2.12. The van der Waals surface area contributed by atoms with Crippen molar-refractivity contribution in [3.05, 3.63) is 24.3 Å². The first kappa shape index (κ1) is 12.8. The minimum Gasteiger partial charge on any atom is -0.479 e. The van der Waals surface area contributed by atoms with Crippen LogP contribution >= 0.6 is 0 Å². The molecule has 1 amide bonds. The summed E-state index contributed by atoms with van der Waals surface area (Å²) in [6.07, 6.45) is 2.92. The van der Waals surface area contributed by atoms with Gasteiger partial charge in [-0.3, -0.25) is 4.79 Å². The summed E-state index contributed by atoms with van der Waals surface area (Å²) in [5.74, 6) is -0.985. The molecule has 6 heteroatoms. The van der Waals surface area contributed by atoms with Gasteiger partial charge in [0.15, 0.2) is 12.4 Å². The van der Waals surface area contributed by atoms with Gasteiger partial charge in [0.25, 0.3) is 11.9 Å². The van der Waals surface area contributed by atoms with E-state index in [9.17, 15) is 9.18 Å². The van der Waals surface area contributed by atoms with Crippen molar-refractivity contribution < 1.29 is 18.7 Å². The van der Waals surface area contributed by atoms with Crippen molar-refractivity contribution in [3.8, 4) is 5.75 Å². The molecule has 1 aromatic heterocycles. The maximum atomic E-state index is 13.1. The molecule has 1 fully saturated rings. The van der Waals surface area contributed by atoms with Crippen LogP contribution in [0.5, 0.6) is 5.75 Å². The molecule has 0 radical (unpaired) electrons. The van der Waals surface area contributed by atoms with Crippen LogP contribution in [0.15, 0.2) is 18.3 Å². The molecule has 1 aliphatic rings. The maximum absolute atomic E-state index is 13.1. The number of aromatic nitrogens is 1. The minimum atomic E-state index is -0.712. The number of pyridine rings is 1. The summed E-state index contributed by atoms with van der Waals surface area (Å²) in [6.45, 7) is 1.10. The number of carbonyl (C=O) groups excluding carboxylic acids is 1. The van der Waals surface area contributed by atoms with Gasteiger partial charge in [0.05, 0.1) is 0 Å². The Bertz CT molecular complexity index is 408. The number of ether oxygens (including phenoxy) is 2.